The fraction of sp³-hybridized carbons (Fsp3) is 0.333. The second-order valence-electron chi connectivity index (χ2n) is 4.95. The minimum Gasteiger partial charge on any atom is -0.446 e. The number of rotatable bonds is 1. The van der Waals surface area contributed by atoms with Gasteiger partial charge in [-0.15, -0.1) is 0 Å². The van der Waals surface area contributed by atoms with E-state index in [0.29, 0.717) is 22.1 Å². The summed E-state index contributed by atoms with van der Waals surface area (Å²) in [5.74, 6) is 1.61. The number of aromatic nitrogens is 2. The molecule has 0 atom stereocenters. The average molecular weight is 422 g/mol. The van der Waals surface area contributed by atoms with E-state index in [-0.39, 0.29) is 5.41 Å². The van der Waals surface area contributed by atoms with Crippen molar-refractivity contribution in [1.82, 2.24) is 9.97 Å². The van der Waals surface area contributed by atoms with Gasteiger partial charge in [-0.25, -0.2) is 9.97 Å². The highest BCUT2D eigenvalue weighted by Gasteiger charge is 2.23. The molecular weight excluding hydrogens is 409 g/mol. The van der Waals surface area contributed by atoms with E-state index in [0.717, 1.165) is 9.26 Å². The van der Waals surface area contributed by atoms with Crippen LogP contribution in [0.2, 0.25) is 0 Å². The second kappa shape index (κ2) is 4.80. The summed E-state index contributed by atoms with van der Waals surface area (Å²) in [6.45, 7) is 6.29. The van der Waals surface area contributed by atoms with E-state index in [1.54, 1.807) is 0 Å². The number of nitrogens with two attached hydrogens (primary N) is 1. The molecule has 0 radical (unpaired) electrons. The molecule has 96 valence electrons. The molecule has 18 heavy (non-hydrogen) atoms. The maximum absolute atomic E-state index is 5.95. The van der Waals surface area contributed by atoms with Gasteiger partial charge in [-0.05, 0) is 50.7 Å². The van der Waals surface area contributed by atoms with Crippen LogP contribution in [0.1, 0.15) is 26.5 Å². The Hall–Kier alpha value is -0.630. The third kappa shape index (κ3) is 2.69. The summed E-state index contributed by atoms with van der Waals surface area (Å²) in [6, 6.07) is 3.63. The molecule has 0 spiro atoms. The maximum Gasteiger partial charge on any atom is 0.197 e. The molecule has 0 aromatic carbocycles. The van der Waals surface area contributed by atoms with Crippen molar-refractivity contribution in [3.05, 3.63) is 26.1 Å². The maximum atomic E-state index is 5.95. The van der Waals surface area contributed by atoms with Crippen molar-refractivity contribution in [3.8, 4) is 11.6 Å². The third-order valence-electron chi connectivity index (χ3n) is 2.38. The Morgan fingerprint density at radius 2 is 1.94 bits per heavy atom. The first-order valence-electron chi connectivity index (χ1n) is 5.38. The van der Waals surface area contributed by atoms with Crippen molar-refractivity contribution < 1.29 is 4.42 Å². The summed E-state index contributed by atoms with van der Waals surface area (Å²) >= 11 is 5.45. The topological polar surface area (TPSA) is 64.9 Å². The van der Waals surface area contributed by atoms with E-state index in [1.807, 2.05) is 12.1 Å². The number of halogens is 2. The van der Waals surface area contributed by atoms with Crippen molar-refractivity contribution >= 4 is 44.3 Å². The lowest BCUT2D eigenvalue weighted by molar-refractivity contribution is 0.542. The van der Waals surface area contributed by atoms with Crippen LogP contribution in [0.5, 0.6) is 0 Å². The molecule has 0 amide bonds. The molecule has 2 N–H and O–H groups in total. The number of anilines is 1. The van der Waals surface area contributed by atoms with Gasteiger partial charge in [0.2, 0.25) is 0 Å². The van der Waals surface area contributed by atoms with Crippen LogP contribution < -0.4 is 5.73 Å². The van der Waals surface area contributed by atoms with Crippen LogP contribution in [0.4, 0.5) is 5.82 Å². The van der Waals surface area contributed by atoms with Crippen molar-refractivity contribution in [1.29, 1.82) is 0 Å². The lowest BCUT2D eigenvalue weighted by Gasteiger charge is -2.20. The Bertz CT molecular complexity index is 589. The van der Waals surface area contributed by atoms with Crippen molar-refractivity contribution in [2.75, 3.05) is 5.73 Å². The Morgan fingerprint density at radius 3 is 2.44 bits per heavy atom. The number of hydrogen-bond donors (Lipinski definition) is 1. The van der Waals surface area contributed by atoms with E-state index in [9.17, 15) is 0 Å². The number of furan rings is 1. The van der Waals surface area contributed by atoms with E-state index in [1.165, 1.54) is 0 Å². The van der Waals surface area contributed by atoms with Gasteiger partial charge in [0.15, 0.2) is 16.3 Å². The lowest BCUT2D eigenvalue weighted by atomic mass is 9.92. The highest BCUT2D eigenvalue weighted by Crippen LogP contribution is 2.31. The molecule has 0 aliphatic heterocycles. The van der Waals surface area contributed by atoms with Crippen molar-refractivity contribution in [3.63, 3.8) is 0 Å². The molecule has 0 unspecified atom stereocenters. The van der Waals surface area contributed by atoms with Crippen LogP contribution in [0.15, 0.2) is 21.2 Å². The Balaban J connectivity index is 2.61. The number of hydrogen-bond acceptors (Lipinski definition) is 4. The second-order valence-corrected chi connectivity index (χ2v) is 6.81. The monoisotopic (exact) mass is 421 g/mol. The SMILES string of the molecule is CC(C)(C)c1nc(-c2ccc(Br)o2)nc(N)c1I. The van der Waals surface area contributed by atoms with Gasteiger partial charge in [0.1, 0.15) is 5.82 Å². The normalized spacial score (nSPS) is 11.8. The Kier molecular flexibility index (Phi) is 3.68. The smallest absolute Gasteiger partial charge is 0.197 e. The molecule has 0 fully saturated rings. The summed E-state index contributed by atoms with van der Waals surface area (Å²) in [7, 11) is 0. The van der Waals surface area contributed by atoms with E-state index in [4.69, 9.17) is 10.2 Å². The first-order chi connectivity index (χ1) is 8.29. The zero-order valence-corrected chi connectivity index (χ0v) is 14.0. The molecule has 0 saturated heterocycles. The molecule has 0 aliphatic rings. The molecule has 2 aromatic heterocycles. The minimum absolute atomic E-state index is 0.0911. The van der Waals surface area contributed by atoms with Crippen LogP contribution >= 0.6 is 38.5 Å². The van der Waals surface area contributed by atoms with Gasteiger partial charge in [0, 0.05) is 5.41 Å². The molecular formula is C12H13BrIN3O. The van der Waals surface area contributed by atoms with Crippen molar-refractivity contribution in [2.24, 2.45) is 0 Å². The third-order valence-corrected chi connectivity index (χ3v) is 3.87. The Morgan fingerprint density at radius 1 is 1.28 bits per heavy atom. The van der Waals surface area contributed by atoms with Gasteiger partial charge in [-0.3, -0.25) is 0 Å². The predicted molar refractivity (Wildman–Crippen MR) is 83.3 cm³/mol. The molecule has 0 saturated carbocycles. The summed E-state index contributed by atoms with van der Waals surface area (Å²) < 4.78 is 7.01. The van der Waals surface area contributed by atoms with Crippen LogP contribution in [0.25, 0.3) is 11.6 Å². The van der Waals surface area contributed by atoms with Crippen LogP contribution in [-0.4, -0.2) is 9.97 Å². The zero-order valence-electron chi connectivity index (χ0n) is 10.3. The minimum atomic E-state index is -0.0911. The molecule has 2 heterocycles. The fourth-order valence-corrected chi connectivity index (χ4v) is 2.86. The molecule has 2 rings (SSSR count). The fourth-order valence-electron chi connectivity index (χ4n) is 1.51. The number of nitrogen functional groups attached to an aromatic ring is 1. The quantitative estimate of drug-likeness (QED) is 0.707. The van der Waals surface area contributed by atoms with Crippen LogP contribution in [0.3, 0.4) is 0 Å². The zero-order chi connectivity index (χ0) is 13.5. The largest absolute Gasteiger partial charge is 0.446 e. The summed E-state index contributed by atoms with van der Waals surface area (Å²) in [4.78, 5) is 8.85. The van der Waals surface area contributed by atoms with Gasteiger partial charge >= 0.3 is 0 Å². The Labute approximate surface area is 128 Å². The van der Waals surface area contributed by atoms with Crippen molar-refractivity contribution in [2.45, 2.75) is 26.2 Å². The van der Waals surface area contributed by atoms with E-state index >= 15 is 0 Å². The first-order valence-corrected chi connectivity index (χ1v) is 7.25. The van der Waals surface area contributed by atoms with Gasteiger partial charge < -0.3 is 10.2 Å². The lowest BCUT2D eigenvalue weighted by Crippen LogP contribution is -2.18. The standard InChI is InChI=1S/C12H13BrIN3O/c1-12(2,3)9-8(14)10(15)17-11(16-9)6-4-5-7(13)18-6/h4-5H,1-3H3,(H2,15,16,17). The summed E-state index contributed by atoms with van der Waals surface area (Å²) in [5, 5.41) is 0. The highest BCUT2D eigenvalue weighted by molar-refractivity contribution is 14.1. The highest BCUT2D eigenvalue weighted by atomic mass is 127. The molecule has 4 nitrogen and oxygen atoms in total. The van der Waals surface area contributed by atoms with E-state index in [2.05, 4.69) is 69.3 Å². The molecule has 2 aromatic rings. The molecule has 0 bridgehead atoms. The first kappa shape index (κ1) is 13.8. The number of nitrogens with zero attached hydrogens (tertiary/aromatic N) is 2. The van der Waals surface area contributed by atoms with E-state index < -0.39 is 0 Å². The summed E-state index contributed by atoms with van der Waals surface area (Å²) in [6.07, 6.45) is 0. The predicted octanol–water partition coefficient (Wildman–Crippen LogP) is 3.98. The average Bonchev–Trinajstić information content (AvgIpc) is 2.67. The van der Waals surface area contributed by atoms with Crippen LogP contribution in [0, 0.1) is 3.57 Å². The van der Waals surface area contributed by atoms with Gasteiger partial charge in [-0.2, -0.15) is 0 Å². The van der Waals surface area contributed by atoms with Gasteiger partial charge in [0.25, 0.3) is 0 Å². The van der Waals surface area contributed by atoms with Gasteiger partial charge in [-0.1, -0.05) is 20.8 Å². The molecule has 6 heteroatoms. The van der Waals surface area contributed by atoms with Crippen LogP contribution in [-0.2, 0) is 5.41 Å². The summed E-state index contributed by atoms with van der Waals surface area (Å²) in [5.41, 5.74) is 6.79. The van der Waals surface area contributed by atoms with Gasteiger partial charge in [0.05, 0.1) is 9.26 Å². The molecule has 0 aliphatic carbocycles.